The van der Waals surface area contributed by atoms with Crippen LogP contribution >= 0.6 is 0 Å². The first-order valence-corrected chi connectivity index (χ1v) is 6.65. The summed E-state index contributed by atoms with van der Waals surface area (Å²) in [5.41, 5.74) is 1.12. The Hall–Kier alpha value is -1.42. The van der Waals surface area contributed by atoms with Crippen molar-refractivity contribution in [3.8, 4) is 0 Å². The summed E-state index contributed by atoms with van der Waals surface area (Å²) in [5, 5.41) is 6.40. The van der Waals surface area contributed by atoms with Crippen LogP contribution in [-0.4, -0.2) is 30.0 Å². The lowest BCUT2D eigenvalue weighted by Crippen LogP contribution is -2.45. The SMILES string of the molecule is CC(CC(=O)N[C@H]1CCCNC1)c1cccnc1. The standard InChI is InChI=1S/C14H21N3O/c1-11(12-4-2-6-15-9-12)8-14(18)17-13-5-3-7-16-10-13/h2,4,6,9,11,13,16H,3,5,7-8,10H2,1H3,(H,17,18)/t11?,13-/m0/s1. The fourth-order valence-corrected chi connectivity index (χ4v) is 2.33. The number of nitrogens with zero attached hydrogens (tertiary/aromatic N) is 1. The van der Waals surface area contributed by atoms with Crippen LogP contribution in [0.25, 0.3) is 0 Å². The highest BCUT2D eigenvalue weighted by molar-refractivity contribution is 5.77. The van der Waals surface area contributed by atoms with E-state index >= 15 is 0 Å². The maximum Gasteiger partial charge on any atom is 0.220 e. The molecule has 2 heterocycles. The highest BCUT2D eigenvalue weighted by Crippen LogP contribution is 2.17. The third-order valence-corrected chi connectivity index (χ3v) is 3.41. The minimum Gasteiger partial charge on any atom is -0.352 e. The molecule has 18 heavy (non-hydrogen) atoms. The van der Waals surface area contributed by atoms with Crippen molar-refractivity contribution in [2.75, 3.05) is 13.1 Å². The lowest BCUT2D eigenvalue weighted by molar-refractivity contribution is -0.122. The van der Waals surface area contributed by atoms with E-state index in [0.29, 0.717) is 12.5 Å². The van der Waals surface area contributed by atoms with Gasteiger partial charge in [-0.3, -0.25) is 9.78 Å². The second-order valence-corrected chi connectivity index (χ2v) is 5.00. The van der Waals surface area contributed by atoms with E-state index in [4.69, 9.17) is 0 Å². The highest BCUT2D eigenvalue weighted by atomic mass is 16.1. The number of hydrogen-bond donors (Lipinski definition) is 2. The average Bonchev–Trinajstić information content (AvgIpc) is 2.40. The molecule has 4 heteroatoms. The predicted octanol–water partition coefficient (Wildman–Crippen LogP) is 1.44. The Balaban J connectivity index is 1.80. The van der Waals surface area contributed by atoms with Gasteiger partial charge in [-0.05, 0) is 36.9 Å². The summed E-state index contributed by atoms with van der Waals surface area (Å²) < 4.78 is 0. The number of nitrogens with one attached hydrogen (secondary N) is 2. The van der Waals surface area contributed by atoms with Gasteiger partial charge in [-0.15, -0.1) is 0 Å². The van der Waals surface area contributed by atoms with E-state index in [1.165, 1.54) is 0 Å². The molecule has 1 amide bonds. The Kier molecular flexibility index (Phi) is 4.70. The number of aromatic nitrogens is 1. The number of amides is 1. The van der Waals surface area contributed by atoms with Crippen LogP contribution in [-0.2, 0) is 4.79 Å². The molecule has 1 aromatic rings. The summed E-state index contributed by atoms with van der Waals surface area (Å²) in [6.07, 6.45) is 6.34. The Labute approximate surface area is 108 Å². The molecule has 4 nitrogen and oxygen atoms in total. The summed E-state index contributed by atoms with van der Waals surface area (Å²) in [6, 6.07) is 4.23. The zero-order valence-corrected chi connectivity index (χ0v) is 10.9. The van der Waals surface area contributed by atoms with Crippen molar-refractivity contribution < 1.29 is 4.79 Å². The molecule has 1 saturated heterocycles. The molecular weight excluding hydrogens is 226 g/mol. The lowest BCUT2D eigenvalue weighted by atomic mass is 9.98. The highest BCUT2D eigenvalue weighted by Gasteiger charge is 2.17. The second kappa shape index (κ2) is 6.50. The predicted molar refractivity (Wildman–Crippen MR) is 71.3 cm³/mol. The minimum absolute atomic E-state index is 0.139. The Bertz CT molecular complexity index is 374. The van der Waals surface area contributed by atoms with Crippen LogP contribution in [0.2, 0.25) is 0 Å². The van der Waals surface area contributed by atoms with Crippen LogP contribution in [0, 0.1) is 0 Å². The van der Waals surface area contributed by atoms with E-state index < -0.39 is 0 Å². The van der Waals surface area contributed by atoms with Gasteiger partial charge in [-0.1, -0.05) is 13.0 Å². The third-order valence-electron chi connectivity index (χ3n) is 3.41. The van der Waals surface area contributed by atoms with Gasteiger partial charge in [0.15, 0.2) is 0 Å². The number of carbonyl (C=O) groups is 1. The maximum absolute atomic E-state index is 11.9. The number of pyridine rings is 1. The molecule has 0 bridgehead atoms. The molecular formula is C14H21N3O. The molecule has 2 atom stereocenters. The minimum atomic E-state index is 0.139. The third kappa shape index (κ3) is 3.81. The summed E-state index contributed by atoms with van der Waals surface area (Å²) in [7, 11) is 0. The van der Waals surface area contributed by atoms with Crippen LogP contribution in [0.4, 0.5) is 0 Å². The first-order valence-electron chi connectivity index (χ1n) is 6.65. The van der Waals surface area contributed by atoms with Gasteiger partial charge in [0.2, 0.25) is 5.91 Å². The van der Waals surface area contributed by atoms with Crippen molar-refractivity contribution in [2.24, 2.45) is 0 Å². The topological polar surface area (TPSA) is 54.0 Å². The number of rotatable bonds is 4. The molecule has 1 unspecified atom stereocenters. The van der Waals surface area contributed by atoms with Gasteiger partial charge in [-0.25, -0.2) is 0 Å². The normalized spacial score (nSPS) is 21.3. The zero-order chi connectivity index (χ0) is 12.8. The van der Waals surface area contributed by atoms with Crippen molar-refractivity contribution in [3.63, 3.8) is 0 Å². The van der Waals surface area contributed by atoms with Gasteiger partial charge < -0.3 is 10.6 Å². The van der Waals surface area contributed by atoms with Crippen molar-refractivity contribution >= 4 is 5.91 Å². The fourth-order valence-electron chi connectivity index (χ4n) is 2.33. The lowest BCUT2D eigenvalue weighted by Gasteiger charge is -2.24. The molecule has 0 aliphatic carbocycles. The first kappa shape index (κ1) is 13.0. The molecule has 2 N–H and O–H groups in total. The van der Waals surface area contributed by atoms with E-state index in [0.717, 1.165) is 31.5 Å². The van der Waals surface area contributed by atoms with Crippen molar-refractivity contribution in [1.82, 2.24) is 15.6 Å². The number of carbonyl (C=O) groups excluding carboxylic acids is 1. The number of piperidine rings is 1. The van der Waals surface area contributed by atoms with Gasteiger partial charge in [0.05, 0.1) is 0 Å². The molecule has 2 rings (SSSR count). The zero-order valence-electron chi connectivity index (χ0n) is 10.9. The van der Waals surface area contributed by atoms with Crippen LogP contribution < -0.4 is 10.6 Å². The summed E-state index contributed by atoms with van der Waals surface area (Å²) in [5.74, 6) is 0.357. The Morgan fingerprint density at radius 3 is 3.22 bits per heavy atom. The number of hydrogen-bond acceptors (Lipinski definition) is 3. The largest absolute Gasteiger partial charge is 0.352 e. The van der Waals surface area contributed by atoms with Gasteiger partial charge in [0.1, 0.15) is 0 Å². The molecule has 0 saturated carbocycles. The molecule has 1 aromatic heterocycles. The van der Waals surface area contributed by atoms with Gasteiger partial charge >= 0.3 is 0 Å². The Morgan fingerprint density at radius 2 is 2.56 bits per heavy atom. The first-order chi connectivity index (χ1) is 8.75. The van der Waals surface area contributed by atoms with Crippen LogP contribution in [0.3, 0.4) is 0 Å². The van der Waals surface area contributed by atoms with Gasteiger partial charge in [0, 0.05) is 31.4 Å². The monoisotopic (exact) mass is 247 g/mol. The van der Waals surface area contributed by atoms with Crippen molar-refractivity contribution in [2.45, 2.75) is 38.1 Å². The van der Waals surface area contributed by atoms with Crippen LogP contribution in [0.5, 0.6) is 0 Å². The molecule has 0 radical (unpaired) electrons. The van der Waals surface area contributed by atoms with E-state index in [9.17, 15) is 4.79 Å². The molecule has 1 aliphatic rings. The van der Waals surface area contributed by atoms with Crippen molar-refractivity contribution in [1.29, 1.82) is 0 Å². The van der Waals surface area contributed by atoms with E-state index in [1.54, 1.807) is 6.20 Å². The van der Waals surface area contributed by atoms with Crippen LogP contribution in [0.15, 0.2) is 24.5 Å². The molecule has 0 aromatic carbocycles. The Morgan fingerprint density at radius 1 is 1.67 bits per heavy atom. The van der Waals surface area contributed by atoms with E-state index in [-0.39, 0.29) is 11.8 Å². The van der Waals surface area contributed by atoms with Crippen LogP contribution in [0.1, 0.15) is 37.7 Å². The molecule has 0 spiro atoms. The average molecular weight is 247 g/mol. The smallest absolute Gasteiger partial charge is 0.220 e. The van der Waals surface area contributed by atoms with E-state index in [2.05, 4.69) is 22.5 Å². The maximum atomic E-state index is 11.9. The summed E-state index contributed by atoms with van der Waals surface area (Å²) >= 11 is 0. The summed E-state index contributed by atoms with van der Waals surface area (Å²) in [4.78, 5) is 16.0. The summed E-state index contributed by atoms with van der Waals surface area (Å²) in [6.45, 7) is 4.03. The quantitative estimate of drug-likeness (QED) is 0.846. The van der Waals surface area contributed by atoms with E-state index in [1.807, 2.05) is 18.3 Å². The van der Waals surface area contributed by atoms with Crippen molar-refractivity contribution in [3.05, 3.63) is 30.1 Å². The second-order valence-electron chi connectivity index (χ2n) is 5.00. The molecule has 98 valence electrons. The molecule has 1 aliphatic heterocycles. The fraction of sp³-hybridized carbons (Fsp3) is 0.571. The van der Waals surface area contributed by atoms with Gasteiger partial charge in [0.25, 0.3) is 0 Å². The molecule has 1 fully saturated rings. The van der Waals surface area contributed by atoms with Gasteiger partial charge in [-0.2, -0.15) is 0 Å².